The molecule has 0 aromatic carbocycles. The summed E-state index contributed by atoms with van der Waals surface area (Å²) in [5.41, 5.74) is 0. The number of amides is 1. The van der Waals surface area contributed by atoms with Gasteiger partial charge >= 0.3 is 0 Å². The number of nitrogens with zero attached hydrogens (tertiary/aromatic N) is 2. The van der Waals surface area contributed by atoms with Gasteiger partial charge < -0.3 is 20.9 Å². The summed E-state index contributed by atoms with van der Waals surface area (Å²) in [7, 11) is 2.22. The molecule has 25 heavy (non-hydrogen) atoms. The molecule has 0 heterocycles. The lowest BCUT2D eigenvalue weighted by molar-refractivity contribution is -0.122. The summed E-state index contributed by atoms with van der Waals surface area (Å²) >= 11 is 0. The molecule has 6 nitrogen and oxygen atoms in total. The fourth-order valence-corrected chi connectivity index (χ4v) is 3.22. The lowest BCUT2D eigenvalue weighted by Crippen LogP contribution is -2.42. The Morgan fingerprint density at radius 1 is 1.04 bits per heavy atom. The molecule has 0 aliphatic heterocycles. The Hall–Kier alpha value is -0.570. The van der Waals surface area contributed by atoms with E-state index < -0.39 is 0 Å². The number of guanidine groups is 1. The summed E-state index contributed by atoms with van der Waals surface area (Å²) in [4.78, 5) is 18.7. The number of nitrogens with one attached hydrogen (secondary N) is 3. The SMILES string of the molecule is CCNC(=NCCN(C)C1CCCCC1)NCCNC(=O)C1CC1.I. The number of aliphatic imine (C=N–C) groups is 1. The molecule has 0 saturated heterocycles. The number of likely N-dealkylation sites (N-methyl/N-ethyl adjacent to an activating group) is 1. The van der Waals surface area contributed by atoms with Gasteiger partial charge in [0, 0.05) is 38.1 Å². The van der Waals surface area contributed by atoms with E-state index in [-0.39, 0.29) is 35.8 Å². The minimum absolute atomic E-state index is 0. The summed E-state index contributed by atoms with van der Waals surface area (Å²) in [5.74, 6) is 1.32. The molecule has 7 heteroatoms. The third kappa shape index (κ3) is 9.08. The Morgan fingerprint density at radius 2 is 1.72 bits per heavy atom. The van der Waals surface area contributed by atoms with Crippen LogP contribution in [0, 0.1) is 5.92 Å². The fraction of sp³-hybridized carbons (Fsp3) is 0.889. The molecule has 146 valence electrons. The quantitative estimate of drug-likeness (QED) is 0.211. The molecule has 2 saturated carbocycles. The molecule has 1 amide bonds. The number of halogens is 1. The minimum Gasteiger partial charge on any atom is -0.357 e. The summed E-state index contributed by atoms with van der Waals surface area (Å²) in [6.45, 7) is 6.08. The van der Waals surface area contributed by atoms with E-state index in [4.69, 9.17) is 0 Å². The van der Waals surface area contributed by atoms with Crippen LogP contribution in [0.15, 0.2) is 4.99 Å². The van der Waals surface area contributed by atoms with Crippen molar-refractivity contribution in [3.8, 4) is 0 Å². The Bertz CT molecular complexity index is 408. The molecule has 0 aromatic rings. The largest absolute Gasteiger partial charge is 0.357 e. The highest BCUT2D eigenvalue weighted by Crippen LogP contribution is 2.28. The second-order valence-electron chi connectivity index (χ2n) is 7.03. The Balaban J connectivity index is 0.00000312. The van der Waals surface area contributed by atoms with Crippen LogP contribution < -0.4 is 16.0 Å². The van der Waals surface area contributed by atoms with Gasteiger partial charge in [0.15, 0.2) is 5.96 Å². The van der Waals surface area contributed by atoms with E-state index in [0.717, 1.165) is 44.5 Å². The zero-order valence-electron chi connectivity index (χ0n) is 15.9. The summed E-state index contributed by atoms with van der Waals surface area (Å²) < 4.78 is 0. The molecule has 0 spiro atoms. The summed E-state index contributed by atoms with van der Waals surface area (Å²) in [6, 6.07) is 0.738. The van der Waals surface area contributed by atoms with Crippen LogP contribution in [-0.2, 0) is 4.79 Å². The third-order valence-corrected chi connectivity index (χ3v) is 4.93. The van der Waals surface area contributed by atoms with Gasteiger partial charge in [-0.2, -0.15) is 0 Å². The van der Waals surface area contributed by atoms with Crippen molar-refractivity contribution >= 4 is 35.8 Å². The van der Waals surface area contributed by atoms with Gasteiger partial charge in [0.25, 0.3) is 0 Å². The van der Waals surface area contributed by atoms with Gasteiger partial charge in [-0.15, -0.1) is 24.0 Å². The molecule has 2 aliphatic carbocycles. The highest BCUT2D eigenvalue weighted by Gasteiger charge is 2.28. The lowest BCUT2D eigenvalue weighted by atomic mass is 9.94. The Morgan fingerprint density at radius 3 is 2.36 bits per heavy atom. The molecule has 0 unspecified atom stereocenters. The van der Waals surface area contributed by atoms with Crippen molar-refractivity contribution in [1.82, 2.24) is 20.9 Å². The van der Waals surface area contributed by atoms with E-state index in [1.165, 1.54) is 32.1 Å². The highest BCUT2D eigenvalue weighted by molar-refractivity contribution is 14.0. The van der Waals surface area contributed by atoms with Gasteiger partial charge in [0.1, 0.15) is 0 Å². The van der Waals surface area contributed by atoms with Crippen LogP contribution >= 0.6 is 24.0 Å². The molecule has 0 bridgehead atoms. The second kappa shape index (κ2) is 12.7. The fourth-order valence-electron chi connectivity index (χ4n) is 3.22. The van der Waals surface area contributed by atoms with E-state index in [9.17, 15) is 4.79 Å². The third-order valence-electron chi connectivity index (χ3n) is 4.93. The minimum atomic E-state index is 0. The Kier molecular flexibility index (Phi) is 11.4. The lowest BCUT2D eigenvalue weighted by Gasteiger charge is -2.30. The maximum Gasteiger partial charge on any atom is 0.223 e. The van der Waals surface area contributed by atoms with Gasteiger partial charge in [-0.05, 0) is 39.7 Å². The van der Waals surface area contributed by atoms with Crippen LogP contribution in [0.4, 0.5) is 0 Å². The monoisotopic (exact) mass is 465 g/mol. The zero-order valence-corrected chi connectivity index (χ0v) is 18.2. The maximum absolute atomic E-state index is 11.6. The van der Waals surface area contributed by atoms with Gasteiger partial charge in [-0.3, -0.25) is 9.79 Å². The van der Waals surface area contributed by atoms with Crippen molar-refractivity contribution in [2.45, 2.75) is 57.9 Å². The number of hydrogen-bond acceptors (Lipinski definition) is 3. The molecule has 2 aliphatic rings. The molecule has 0 atom stereocenters. The smallest absolute Gasteiger partial charge is 0.223 e. The number of carbonyl (C=O) groups excluding carboxylic acids is 1. The molecular formula is C18H36IN5O. The first-order chi connectivity index (χ1) is 11.7. The topological polar surface area (TPSA) is 68.8 Å². The molecular weight excluding hydrogens is 429 g/mol. The van der Waals surface area contributed by atoms with E-state index in [1.54, 1.807) is 0 Å². The van der Waals surface area contributed by atoms with Gasteiger partial charge in [0.05, 0.1) is 6.54 Å². The van der Waals surface area contributed by atoms with Crippen molar-refractivity contribution in [2.75, 3.05) is 39.8 Å². The predicted molar refractivity (Wildman–Crippen MR) is 115 cm³/mol. The highest BCUT2D eigenvalue weighted by atomic mass is 127. The van der Waals surface area contributed by atoms with E-state index >= 15 is 0 Å². The normalized spacial score (nSPS) is 18.6. The van der Waals surface area contributed by atoms with Crippen molar-refractivity contribution in [2.24, 2.45) is 10.9 Å². The average Bonchev–Trinajstić information content (AvgIpc) is 3.44. The van der Waals surface area contributed by atoms with E-state index in [1.807, 2.05) is 0 Å². The zero-order chi connectivity index (χ0) is 17.2. The van der Waals surface area contributed by atoms with Crippen molar-refractivity contribution in [3.05, 3.63) is 0 Å². The van der Waals surface area contributed by atoms with Gasteiger partial charge in [-0.25, -0.2) is 0 Å². The molecule has 0 aromatic heterocycles. The average molecular weight is 465 g/mol. The maximum atomic E-state index is 11.6. The number of rotatable bonds is 9. The van der Waals surface area contributed by atoms with E-state index in [0.29, 0.717) is 13.1 Å². The summed E-state index contributed by atoms with van der Waals surface area (Å²) in [5, 5.41) is 9.53. The van der Waals surface area contributed by atoms with Crippen LogP contribution in [0.25, 0.3) is 0 Å². The first-order valence-electron chi connectivity index (χ1n) is 9.71. The van der Waals surface area contributed by atoms with Gasteiger partial charge in [0.2, 0.25) is 5.91 Å². The van der Waals surface area contributed by atoms with Crippen LogP contribution in [-0.4, -0.2) is 62.6 Å². The van der Waals surface area contributed by atoms with Crippen LogP contribution in [0.3, 0.4) is 0 Å². The van der Waals surface area contributed by atoms with Crippen molar-refractivity contribution < 1.29 is 4.79 Å². The predicted octanol–water partition coefficient (Wildman–Crippen LogP) is 1.95. The van der Waals surface area contributed by atoms with Crippen molar-refractivity contribution in [1.29, 1.82) is 0 Å². The first-order valence-corrected chi connectivity index (χ1v) is 9.71. The Labute approximate surface area is 170 Å². The molecule has 2 rings (SSSR count). The second-order valence-corrected chi connectivity index (χ2v) is 7.03. The van der Waals surface area contributed by atoms with Gasteiger partial charge in [-0.1, -0.05) is 19.3 Å². The van der Waals surface area contributed by atoms with Crippen LogP contribution in [0.5, 0.6) is 0 Å². The molecule has 0 radical (unpaired) electrons. The number of carbonyl (C=O) groups is 1. The van der Waals surface area contributed by atoms with Crippen LogP contribution in [0.2, 0.25) is 0 Å². The first kappa shape index (κ1) is 22.5. The van der Waals surface area contributed by atoms with E-state index in [2.05, 4.69) is 39.8 Å². The van der Waals surface area contributed by atoms with Crippen LogP contribution in [0.1, 0.15) is 51.9 Å². The summed E-state index contributed by atoms with van der Waals surface area (Å²) in [6.07, 6.45) is 8.91. The molecule has 2 fully saturated rings. The van der Waals surface area contributed by atoms with Crippen molar-refractivity contribution in [3.63, 3.8) is 0 Å². The molecule has 3 N–H and O–H groups in total. The number of hydrogen-bond donors (Lipinski definition) is 3. The standard InChI is InChI=1S/C18H35N5O.HI/c1-3-19-18(21-12-11-20-17(24)15-9-10-15)22-13-14-23(2)16-7-5-4-6-8-16;/h15-16H,3-14H2,1-2H3,(H,20,24)(H2,19,21,22);1H.